The number of benzene rings is 2. The van der Waals surface area contributed by atoms with Gasteiger partial charge in [-0.05, 0) is 55.9 Å². The van der Waals surface area contributed by atoms with Crippen molar-refractivity contribution in [2.45, 2.75) is 45.6 Å². The van der Waals surface area contributed by atoms with Gasteiger partial charge in [-0.15, -0.1) is 0 Å². The zero-order valence-electron chi connectivity index (χ0n) is 18.4. The zero-order chi connectivity index (χ0) is 22.2. The van der Waals surface area contributed by atoms with Crippen LogP contribution in [0.25, 0.3) is 16.9 Å². The van der Waals surface area contributed by atoms with E-state index in [1.807, 2.05) is 47.9 Å². The molecule has 1 atom stereocenters. The van der Waals surface area contributed by atoms with Gasteiger partial charge in [0.15, 0.2) is 0 Å². The third kappa shape index (κ3) is 3.51. The summed E-state index contributed by atoms with van der Waals surface area (Å²) in [6.07, 6.45) is 3.25. The van der Waals surface area contributed by atoms with Gasteiger partial charge in [-0.1, -0.05) is 43.3 Å². The number of anilines is 1. The highest BCUT2D eigenvalue weighted by Crippen LogP contribution is 2.35. The molecule has 0 fully saturated rings. The summed E-state index contributed by atoms with van der Waals surface area (Å²) < 4.78 is 2.02. The highest BCUT2D eigenvalue weighted by molar-refractivity contribution is 6.06. The van der Waals surface area contributed by atoms with Gasteiger partial charge in [0, 0.05) is 28.8 Å². The number of carbonyl (C=O) groups excluding carboxylic acids is 1. The Hall–Kier alpha value is -3.67. The van der Waals surface area contributed by atoms with E-state index in [9.17, 15) is 4.79 Å². The number of amides is 1. The van der Waals surface area contributed by atoms with E-state index in [1.54, 1.807) is 6.07 Å². The summed E-state index contributed by atoms with van der Waals surface area (Å²) in [5.74, 6) is 1.47. The van der Waals surface area contributed by atoms with Crippen LogP contribution in [0.2, 0.25) is 0 Å². The van der Waals surface area contributed by atoms with E-state index >= 15 is 0 Å². The van der Waals surface area contributed by atoms with Crippen LogP contribution < -0.4 is 11.1 Å². The van der Waals surface area contributed by atoms with Crippen molar-refractivity contribution in [3.8, 4) is 5.95 Å². The van der Waals surface area contributed by atoms with Gasteiger partial charge in [-0.2, -0.15) is 4.98 Å². The average Bonchev–Trinajstić information content (AvgIpc) is 3.14. The highest BCUT2D eigenvalue weighted by Gasteiger charge is 2.25. The Balaban J connectivity index is 1.65. The molecule has 32 heavy (non-hydrogen) atoms. The van der Waals surface area contributed by atoms with Crippen molar-refractivity contribution in [1.29, 1.82) is 0 Å². The molecule has 2 aromatic heterocycles. The van der Waals surface area contributed by atoms with Crippen LogP contribution in [-0.2, 0) is 13.0 Å². The minimum Gasteiger partial charge on any atom is -0.366 e. The summed E-state index contributed by atoms with van der Waals surface area (Å²) in [6.45, 7) is 4.95. The van der Waals surface area contributed by atoms with Crippen molar-refractivity contribution in [1.82, 2.24) is 14.5 Å². The lowest BCUT2D eigenvalue weighted by Gasteiger charge is -2.25. The van der Waals surface area contributed by atoms with Crippen LogP contribution in [0.3, 0.4) is 0 Å². The first-order valence-corrected chi connectivity index (χ1v) is 11.1. The molecule has 0 spiro atoms. The first-order valence-electron chi connectivity index (χ1n) is 11.1. The largest absolute Gasteiger partial charge is 0.366 e. The topological polar surface area (TPSA) is 85.8 Å². The molecule has 0 radical (unpaired) electrons. The van der Waals surface area contributed by atoms with E-state index in [0.29, 0.717) is 24.0 Å². The summed E-state index contributed by atoms with van der Waals surface area (Å²) in [5.41, 5.74) is 11.5. The van der Waals surface area contributed by atoms with Gasteiger partial charge >= 0.3 is 0 Å². The molecule has 1 aliphatic carbocycles. The van der Waals surface area contributed by atoms with Crippen LogP contribution in [0.15, 0.2) is 54.6 Å². The lowest BCUT2D eigenvalue weighted by atomic mass is 9.88. The molecular weight excluding hydrogens is 398 g/mol. The summed E-state index contributed by atoms with van der Waals surface area (Å²) in [4.78, 5) is 22.0. The molecule has 1 unspecified atom stereocenters. The average molecular weight is 426 g/mol. The Labute approximate surface area is 187 Å². The standard InChI is InChI=1S/C26H27N5O/c1-16-8-6-12-20-23(16)29-26(30-25(20)28-15-18-9-4-3-5-10-18)31-17(2)14-21-19(24(27)32)11-7-13-22(21)31/h3-5,7,9-11,13-14,16H,6,8,12,15H2,1-2H3,(H2,27,32)(H,28,29,30). The fraction of sp³-hybridized carbons (Fsp3) is 0.269. The second kappa shape index (κ2) is 8.11. The van der Waals surface area contributed by atoms with E-state index < -0.39 is 5.91 Å². The molecule has 3 N–H and O–H groups in total. The molecule has 0 aliphatic heterocycles. The molecule has 1 aliphatic rings. The van der Waals surface area contributed by atoms with E-state index in [0.717, 1.165) is 47.4 Å². The maximum absolute atomic E-state index is 12.0. The summed E-state index contributed by atoms with van der Waals surface area (Å²) >= 11 is 0. The van der Waals surface area contributed by atoms with Crippen LogP contribution in [0, 0.1) is 6.92 Å². The summed E-state index contributed by atoms with van der Waals surface area (Å²) in [6, 6.07) is 17.9. The first-order chi connectivity index (χ1) is 15.5. The molecule has 6 nitrogen and oxygen atoms in total. The predicted molar refractivity (Wildman–Crippen MR) is 127 cm³/mol. The number of hydrogen-bond acceptors (Lipinski definition) is 4. The van der Waals surface area contributed by atoms with Crippen LogP contribution in [-0.4, -0.2) is 20.4 Å². The van der Waals surface area contributed by atoms with Crippen molar-refractivity contribution < 1.29 is 4.79 Å². The number of aromatic nitrogens is 3. The number of fused-ring (bicyclic) bond motifs is 2. The number of nitrogens with two attached hydrogens (primary N) is 1. The Morgan fingerprint density at radius 2 is 1.97 bits per heavy atom. The smallest absolute Gasteiger partial charge is 0.249 e. The monoisotopic (exact) mass is 425 g/mol. The minimum atomic E-state index is -0.432. The van der Waals surface area contributed by atoms with Crippen molar-refractivity contribution >= 4 is 22.6 Å². The van der Waals surface area contributed by atoms with Crippen LogP contribution in [0.4, 0.5) is 5.82 Å². The summed E-state index contributed by atoms with van der Waals surface area (Å²) in [7, 11) is 0. The maximum Gasteiger partial charge on any atom is 0.249 e. The Bertz CT molecular complexity index is 1310. The van der Waals surface area contributed by atoms with Crippen molar-refractivity contribution in [3.05, 3.63) is 82.7 Å². The number of aryl methyl sites for hydroxylation is 1. The molecule has 5 rings (SSSR count). The molecule has 2 heterocycles. The van der Waals surface area contributed by atoms with Gasteiger partial charge in [-0.25, -0.2) is 4.98 Å². The number of rotatable bonds is 5. The molecule has 1 amide bonds. The molecule has 6 heteroatoms. The van der Waals surface area contributed by atoms with E-state index in [1.165, 1.54) is 11.1 Å². The van der Waals surface area contributed by atoms with E-state index in [-0.39, 0.29) is 0 Å². The quantitative estimate of drug-likeness (QED) is 0.477. The lowest BCUT2D eigenvalue weighted by molar-refractivity contribution is 0.100. The number of primary amides is 1. The number of carbonyl (C=O) groups is 1. The minimum absolute atomic E-state index is 0.376. The Morgan fingerprint density at radius 1 is 1.16 bits per heavy atom. The predicted octanol–water partition coefficient (Wildman–Crippen LogP) is 4.88. The lowest BCUT2D eigenvalue weighted by Crippen LogP contribution is -2.18. The normalized spacial score (nSPS) is 15.5. The summed E-state index contributed by atoms with van der Waals surface area (Å²) in [5, 5.41) is 4.40. The third-order valence-electron chi connectivity index (χ3n) is 6.36. The molecular formula is C26H27N5O. The third-order valence-corrected chi connectivity index (χ3v) is 6.36. The number of hydrogen-bond donors (Lipinski definition) is 2. The van der Waals surface area contributed by atoms with Gasteiger partial charge in [-0.3, -0.25) is 9.36 Å². The van der Waals surface area contributed by atoms with Crippen LogP contribution in [0.1, 0.15) is 58.6 Å². The molecule has 4 aromatic rings. The fourth-order valence-electron chi connectivity index (χ4n) is 4.74. The highest BCUT2D eigenvalue weighted by atomic mass is 16.1. The second-order valence-electron chi connectivity index (χ2n) is 8.59. The molecule has 2 aromatic carbocycles. The van der Waals surface area contributed by atoms with Gasteiger partial charge in [0.2, 0.25) is 11.9 Å². The zero-order valence-corrected chi connectivity index (χ0v) is 18.4. The Morgan fingerprint density at radius 3 is 2.75 bits per heavy atom. The molecule has 162 valence electrons. The van der Waals surface area contributed by atoms with Gasteiger partial charge < -0.3 is 11.1 Å². The van der Waals surface area contributed by atoms with E-state index in [2.05, 4.69) is 24.4 Å². The molecule has 0 saturated carbocycles. The molecule has 0 saturated heterocycles. The SMILES string of the molecule is Cc1cc2c(C(N)=O)cccc2n1-c1nc(NCc2ccccc2)c2c(n1)C(C)CCC2. The Kier molecular flexibility index (Phi) is 5.13. The number of nitrogens with zero attached hydrogens (tertiary/aromatic N) is 3. The van der Waals surface area contributed by atoms with Gasteiger partial charge in [0.25, 0.3) is 0 Å². The first kappa shape index (κ1) is 20.2. The number of nitrogens with one attached hydrogen (secondary N) is 1. The van der Waals surface area contributed by atoms with E-state index in [4.69, 9.17) is 15.7 Å². The second-order valence-corrected chi connectivity index (χ2v) is 8.59. The maximum atomic E-state index is 12.0. The van der Waals surface area contributed by atoms with Crippen LogP contribution in [0.5, 0.6) is 0 Å². The van der Waals surface area contributed by atoms with Crippen molar-refractivity contribution in [3.63, 3.8) is 0 Å². The van der Waals surface area contributed by atoms with Crippen LogP contribution >= 0.6 is 0 Å². The fourth-order valence-corrected chi connectivity index (χ4v) is 4.74. The van der Waals surface area contributed by atoms with Crippen molar-refractivity contribution in [2.75, 3.05) is 5.32 Å². The molecule has 0 bridgehead atoms. The van der Waals surface area contributed by atoms with Crippen molar-refractivity contribution in [2.24, 2.45) is 5.73 Å². The van der Waals surface area contributed by atoms with Gasteiger partial charge in [0.1, 0.15) is 5.82 Å². The van der Waals surface area contributed by atoms with Gasteiger partial charge in [0.05, 0.1) is 11.2 Å².